The summed E-state index contributed by atoms with van der Waals surface area (Å²) in [6, 6.07) is 12.9. The normalized spacial score (nSPS) is 10.8. The van der Waals surface area contributed by atoms with Crippen molar-refractivity contribution in [3.8, 4) is 0 Å². The summed E-state index contributed by atoms with van der Waals surface area (Å²) >= 11 is 0. The number of halogens is 1. The summed E-state index contributed by atoms with van der Waals surface area (Å²) in [5.41, 5.74) is 3.09. The highest BCUT2D eigenvalue weighted by Gasteiger charge is 2.12. The average Bonchev–Trinajstić information content (AvgIpc) is 2.65. The largest absolute Gasteiger partial charge is 0.348 e. The van der Waals surface area contributed by atoms with E-state index in [0.717, 1.165) is 5.56 Å². The summed E-state index contributed by atoms with van der Waals surface area (Å²) in [4.78, 5) is 28.7. The van der Waals surface area contributed by atoms with E-state index in [1.165, 1.54) is 12.1 Å². The highest BCUT2D eigenvalue weighted by molar-refractivity contribution is 6.06. The Balaban J connectivity index is 1.67. The van der Waals surface area contributed by atoms with E-state index in [1.54, 1.807) is 31.2 Å². The summed E-state index contributed by atoms with van der Waals surface area (Å²) in [5, 5.41) is 8.98. The van der Waals surface area contributed by atoms with Crippen LogP contribution in [0, 0.1) is 12.7 Å². The van der Waals surface area contributed by atoms with Crippen LogP contribution in [0.3, 0.4) is 0 Å². The smallest absolute Gasteiger partial charge is 0.319 e. The molecule has 0 aliphatic carbocycles. The number of aryl methyl sites for hydroxylation is 1. The third-order valence-electron chi connectivity index (χ3n) is 4.23. The standard InChI is InChI=1S/C22H23FN4O2/c1-13(2)25-22(29)27-17-7-4-15(5-8-17)12-24-21(28)19-10-14(3)26-20-11-16(23)6-9-18(19)20/h4-11,13H,12H2,1-3H3,(H,24,28)(H2,25,27,29). The van der Waals surface area contributed by atoms with Crippen LogP contribution in [0.25, 0.3) is 10.9 Å². The first-order valence-corrected chi connectivity index (χ1v) is 9.33. The van der Waals surface area contributed by atoms with E-state index in [4.69, 9.17) is 0 Å². The molecule has 0 saturated carbocycles. The fraction of sp³-hybridized carbons (Fsp3) is 0.227. The molecule has 2 aromatic carbocycles. The quantitative estimate of drug-likeness (QED) is 0.608. The van der Waals surface area contributed by atoms with Gasteiger partial charge in [-0.15, -0.1) is 0 Å². The molecule has 29 heavy (non-hydrogen) atoms. The first-order valence-electron chi connectivity index (χ1n) is 9.33. The Bertz CT molecular complexity index is 1040. The van der Waals surface area contributed by atoms with Crippen LogP contribution in [0.4, 0.5) is 14.9 Å². The van der Waals surface area contributed by atoms with Crippen molar-refractivity contribution in [2.45, 2.75) is 33.4 Å². The molecule has 3 amide bonds. The Labute approximate surface area is 168 Å². The van der Waals surface area contributed by atoms with Crippen LogP contribution >= 0.6 is 0 Å². The Morgan fingerprint density at radius 2 is 1.79 bits per heavy atom. The number of anilines is 1. The minimum absolute atomic E-state index is 0.0499. The third-order valence-corrected chi connectivity index (χ3v) is 4.23. The van der Waals surface area contributed by atoms with Gasteiger partial charge in [-0.25, -0.2) is 9.18 Å². The fourth-order valence-corrected chi connectivity index (χ4v) is 2.93. The molecule has 0 aliphatic heterocycles. The Morgan fingerprint density at radius 1 is 1.07 bits per heavy atom. The molecular weight excluding hydrogens is 371 g/mol. The lowest BCUT2D eigenvalue weighted by Crippen LogP contribution is -2.34. The molecule has 0 aliphatic rings. The van der Waals surface area contributed by atoms with E-state index in [9.17, 15) is 14.0 Å². The Hall–Kier alpha value is -3.48. The van der Waals surface area contributed by atoms with Crippen molar-refractivity contribution >= 4 is 28.5 Å². The zero-order valence-electron chi connectivity index (χ0n) is 16.5. The molecule has 150 valence electrons. The summed E-state index contributed by atoms with van der Waals surface area (Å²) in [6.07, 6.45) is 0. The number of hydrogen-bond acceptors (Lipinski definition) is 3. The second-order valence-electron chi connectivity index (χ2n) is 7.11. The Morgan fingerprint density at radius 3 is 2.48 bits per heavy atom. The van der Waals surface area contributed by atoms with E-state index >= 15 is 0 Å². The first-order chi connectivity index (χ1) is 13.8. The molecule has 0 saturated heterocycles. The SMILES string of the molecule is Cc1cc(C(=O)NCc2ccc(NC(=O)NC(C)C)cc2)c2ccc(F)cc2n1. The molecule has 1 heterocycles. The minimum Gasteiger partial charge on any atom is -0.348 e. The van der Waals surface area contributed by atoms with Crippen molar-refractivity contribution in [2.24, 2.45) is 0 Å². The van der Waals surface area contributed by atoms with Crippen molar-refractivity contribution in [2.75, 3.05) is 5.32 Å². The van der Waals surface area contributed by atoms with E-state index in [1.807, 2.05) is 26.0 Å². The van der Waals surface area contributed by atoms with Crippen molar-refractivity contribution < 1.29 is 14.0 Å². The molecular formula is C22H23FN4O2. The Kier molecular flexibility index (Phi) is 6.07. The molecule has 3 aromatic rings. The predicted octanol–water partition coefficient (Wildman–Crippen LogP) is 4.14. The number of fused-ring (bicyclic) bond motifs is 1. The molecule has 3 N–H and O–H groups in total. The van der Waals surface area contributed by atoms with Gasteiger partial charge >= 0.3 is 6.03 Å². The van der Waals surface area contributed by atoms with Crippen LogP contribution in [-0.4, -0.2) is 23.0 Å². The van der Waals surface area contributed by atoms with Gasteiger partial charge in [0.2, 0.25) is 0 Å². The zero-order valence-corrected chi connectivity index (χ0v) is 16.5. The van der Waals surface area contributed by atoms with Gasteiger partial charge in [0, 0.05) is 35.4 Å². The van der Waals surface area contributed by atoms with Gasteiger partial charge in [0.05, 0.1) is 11.1 Å². The molecule has 0 bridgehead atoms. The van der Waals surface area contributed by atoms with Gasteiger partial charge in [0.1, 0.15) is 5.82 Å². The summed E-state index contributed by atoms with van der Waals surface area (Å²) in [5.74, 6) is -0.650. The second kappa shape index (κ2) is 8.68. The van der Waals surface area contributed by atoms with Crippen LogP contribution in [0.15, 0.2) is 48.5 Å². The first kappa shape index (κ1) is 20.3. The van der Waals surface area contributed by atoms with E-state index in [-0.39, 0.29) is 18.0 Å². The summed E-state index contributed by atoms with van der Waals surface area (Å²) in [6.45, 7) is 5.86. The minimum atomic E-state index is -0.391. The number of rotatable bonds is 5. The number of pyridine rings is 1. The van der Waals surface area contributed by atoms with Gasteiger partial charge in [-0.05, 0) is 56.7 Å². The molecule has 7 heteroatoms. The van der Waals surface area contributed by atoms with Crippen molar-refractivity contribution in [1.29, 1.82) is 0 Å². The number of nitrogens with one attached hydrogen (secondary N) is 3. The molecule has 0 radical (unpaired) electrons. The topological polar surface area (TPSA) is 83.1 Å². The number of benzene rings is 2. The van der Waals surface area contributed by atoms with E-state index in [0.29, 0.717) is 34.4 Å². The van der Waals surface area contributed by atoms with Gasteiger partial charge in [-0.2, -0.15) is 0 Å². The molecule has 0 unspecified atom stereocenters. The number of aromatic nitrogens is 1. The number of amides is 3. The number of carbonyl (C=O) groups is 2. The maximum atomic E-state index is 13.5. The molecule has 0 atom stereocenters. The van der Waals surface area contributed by atoms with Crippen LogP contribution < -0.4 is 16.0 Å². The lowest BCUT2D eigenvalue weighted by atomic mass is 10.1. The predicted molar refractivity (Wildman–Crippen MR) is 111 cm³/mol. The average molecular weight is 394 g/mol. The van der Waals surface area contributed by atoms with Gasteiger partial charge in [0.25, 0.3) is 5.91 Å². The lowest BCUT2D eigenvalue weighted by Gasteiger charge is -2.11. The van der Waals surface area contributed by atoms with Crippen molar-refractivity contribution in [1.82, 2.24) is 15.6 Å². The monoisotopic (exact) mass is 394 g/mol. The maximum absolute atomic E-state index is 13.5. The third kappa shape index (κ3) is 5.28. The zero-order chi connectivity index (χ0) is 21.0. The highest BCUT2D eigenvalue weighted by Crippen LogP contribution is 2.20. The molecule has 6 nitrogen and oxygen atoms in total. The number of hydrogen-bond donors (Lipinski definition) is 3. The van der Waals surface area contributed by atoms with Crippen LogP contribution in [0.1, 0.15) is 35.5 Å². The number of nitrogens with zero attached hydrogens (tertiary/aromatic N) is 1. The van der Waals surface area contributed by atoms with Gasteiger partial charge in [-0.1, -0.05) is 12.1 Å². The van der Waals surface area contributed by atoms with E-state index in [2.05, 4.69) is 20.9 Å². The summed E-state index contributed by atoms with van der Waals surface area (Å²) < 4.78 is 13.5. The van der Waals surface area contributed by atoms with Crippen molar-refractivity contribution in [3.05, 3.63) is 71.2 Å². The fourth-order valence-electron chi connectivity index (χ4n) is 2.93. The lowest BCUT2D eigenvalue weighted by molar-refractivity contribution is 0.0952. The molecule has 1 aromatic heterocycles. The highest BCUT2D eigenvalue weighted by atomic mass is 19.1. The maximum Gasteiger partial charge on any atom is 0.319 e. The second-order valence-corrected chi connectivity index (χ2v) is 7.11. The van der Waals surface area contributed by atoms with Crippen LogP contribution in [0.5, 0.6) is 0 Å². The van der Waals surface area contributed by atoms with Gasteiger partial charge in [0.15, 0.2) is 0 Å². The van der Waals surface area contributed by atoms with Crippen LogP contribution in [0.2, 0.25) is 0 Å². The van der Waals surface area contributed by atoms with Crippen molar-refractivity contribution in [3.63, 3.8) is 0 Å². The molecule has 0 spiro atoms. The number of carbonyl (C=O) groups excluding carboxylic acids is 2. The molecule has 3 rings (SSSR count). The van der Waals surface area contributed by atoms with E-state index < -0.39 is 5.82 Å². The number of urea groups is 1. The van der Waals surface area contributed by atoms with Crippen LogP contribution in [-0.2, 0) is 6.54 Å². The summed E-state index contributed by atoms with van der Waals surface area (Å²) in [7, 11) is 0. The molecule has 0 fully saturated rings. The van der Waals surface area contributed by atoms with Gasteiger partial charge < -0.3 is 16.0 Å². The van der Waals surface area contributed by atoms with Gasteiger partial charge in [-0.3, -0.25) is 9.78 Å².